The van der Waals surface area contributed by atoms with Crippen LogP contribution in [0.5, 0.6) is 0 Å². The number of nitrogens with zero attached hydrogens (tertiary/aromatic N) is 1. The maximum Gasteiger partial charge on any atom is 0.171 e. The number of hydrogen-bond donors (Lipinski definition) is 2. The number of nitrogens with one attached hydrogen (secondary N) is 2. The van der Waals surface area contributed by atoms with Crippen molar-refractivity contribution in [1.82, 2.24) is 5.32 Å². The average Bonchev–Trinajstić information content (AvgIpc) is 3.03. The fraction of sp³-hybridized carbons (Fsp3) is 0.500. The molecule has 0 heterocycles. The Morgan fingerprint density at radius 3 is 2.65 bits per heavy atom. The van der Waals surface area contributed by atoms with Crippen molar-refractivity contribution < 1.29 is 0 Å². The van der Waals surface area contributed by atoms with E-state index in [2.05, 4.69) is 16.7 Å². The van der Waals surface area contributed by atoms with Crippen molar-refractivity contribution in [3.63, 3.8) is 0 Å². The van der Waals surface area contributed by atoms with Crippen LogP contribution in [0.3, 0.4) is 0 Å². The van der Waals surface area contributed by atoms with Crippen molar-refractivity contribution in [3.8, 4) is 6.07 Å². The van der Waals surface area contributed by atoms with E-state index in [0.29, 0.717) is 12.5 Å². The van der Waals surface area contributed by atoms with Crippen LogP contribution in [-0.2, 0) is 6.42 Å². The van der Waals surface area contributed by atoms with Gasteiger partial charge in [0.2, 0.25) is 0 Å². The highest BCUT2D eigenvalue weighted by atomic mass is 32.1. The van der Waals surface area contributed by atoms with E-state index in [-0.39, 0.29) is 0 Å². The molecule has 0 amide bonds. The van der Waals surface area contributed by atoms with Crippen LogP contribution in [0.15, 0.2) is 24.3 Å². The van der Waals surface area contributed by atoms with E-state index < -0.39 is 0 Å². The summed E-state index contributed by atoms with van der Waals surface area (Å²) in [6.07, 6.45) is 5.86. The maximum atomic E-state index is 8.65. The number of anilines is 1. The molecule has 0 unspecified atom stereocenters. The summed E-state index contributed by atoms with van der Waals surface area (Å²) in [7, 11) is 0. The number of nitriles is 1. The Labute approximate surface area is 125 Å². The second kappa shape index (κ2) is 5.80. The third-order valence-corrected chi connectivity index (χ3v) is 4.77. The van der Waals surface area contributed by atoms with Crippen molar-refractivity contribution in [2.75, 3.05) is 5.32 Å². The first-order valence-electron chi connectivity index (χ1n) is 7.28. The minimum Gasteiger partial charge on any atom is -0.359 e. The van der Waals surface area contributed by atoms with Crippen molar-refractivity contribution in [3.05, 3.63) is 29.8 Å². The molecule has 0 aliphatic heterocycles. The minimum atomic E-state index is 0.452. The molecular weight excluding hydrogens is 266 g/mol. The van der Waals surface area contributed by atoms with Gasteiger partial charge in [-0.25, -0.2) is 0 Å². The van der Waals surface area contributed by atoms with Gasteiger partial charge in [-0.3, -0.25) is 0 Å². The highest BCUT2D eigenvalue weighted by Gasteiger charge is 2.39. The number of fused-ring (bicyclic) bond motifs is 2. The van der Waals surface area contributed by atoms with Gasteiger partial charge in [-0.2, -0.15) is 5.26 Å². The Hall–Kier alpha value is -1.60. The highest BCUT2D eigenvalue weighted by molar-refractivity contribution is 7.80. The number of thiocarbonyl (C=S) groups is 1. The lowest BCUT2D eigenvalue weighted by molar-refractivity contribution is 0.392. The summed E-state index contributed by atoms with van der Waals surface area (Å²) in [5.41, 5.74) is 2.01. The monoisotopic (exact) mass is 285 g/mol. The van der Waals surface area contributed by atoms with Crippen molar-refractivity contribution in [2.24, 2.45) is 11.8 Å². The quantitative estimate of drug-likeness (QED) is 0.837. The molecule has 2 fully saturated rings. The van der Waals surface area contributed by atoms with Crippen LogP contribution in [-0.4, -0.2) is 11.2 Å². The zero-order valence-corrected chi connectivity index (χ0v) is 12.2. The van der Waals surface area contributed by atoms with Gasteiger partial charge in [0.25, 0.3) is 0 Å². The molecule has 0 radical (unpaired) electrons. The van der Waals surface area contributed by atoms with E-state index in [1.165, 1.54) is 25.7 Å². The third kappa shape index (κ3) is 2.94. The molecule has 0 spiro atoms. The Kier molecular flexibility index (Phi) is 3.88. The first-order valence-corrected chi connectivity index (χ1v) is 7.69. The van der Waals surface area contributed by atoms with Gasteiger partial charge in [0, 0.05) is 11.7 Å². The van der Waals surface area contributed by atoms with E-state index >= 15 is 0 Å². The molecular formula is C16H19N3S. The molecule has 2 aliphatic rings. The molecule has 1 aromatic carbocycles. The van der Waals surface area contributed by atoms with Crippen molar-refractivity contribution in [2.45, 2.75) is 38.1 Å². The Morgan fingerprint density at radius 2 is 2.05 bits per heavy atom. The van der Waals surface area contributed by atoms with Crippen LogP contribution in [0, 0.1) is 23.2 Å². The predicted octanol–water partition coefficient (Wildman–Crippen LogP) is 3.23. The zero-order chi connectivity index (χ0) is 13.9. The molecule has 0 aromatic heterocycles. The first kappa shape index (κ1) is 13.4. The smallest absolute Gasteiger partial charge is 0.171 e. The van der Waals surface area contributed by atoms with Gasteiger partial charge >= 0.3 is 0 Å². The molecule has 20 heavy (non-hydrogen) atoms. The Morgan fingerprint density at radius 1 is 1.25 bits per heavy atom. The first-order chi connectivity index (χ1) is 9.74. The summed E-state index contributed by atoms with van der Waals surface area (Å²) in [5, 5.41) is 16.1. The Balaban J connectivity index is 1.52. The summed E-state index contributed by atoms with van der Waals surface area (Å²) in [6, 6.07) is 10.6. The molecule has 2 aliphatic carbocycles. The van der Waals surface area contributed by atoms with Crippen LogP contribution in [0.25, 0.3) is 0 Å². The summed E-state index contributed by atoms with van der Waals surface area (Å²) in [6.45, 7) is 0. The topological polar surface area (TPSA) is 47.9 Å². The molecule has 3 rings (SSSR count). The van der Waals surface area contributed by atoms with Gasteiger partial charge in [-0.1, -0.05) is 18.6 Å². The van der Waals surface area contributed by atoms with Crippen molar-refractivity contribution >= 4 is 23.0 Å². The lowest BCUT2D eigenvalue weighted by Crippen LogP contribution is -2.40. The largest absolute Gasteiger partial charge is 0.359 e. The van der Waals surface area contributed by atoms with Gasteiger partial charge in [0.15, 0.2) is 5.11 Å². The van der Waals surface area contributed by atoms with Crippen LogP contribution in [0.2, 0.25) is 0 Å². The minimum absolute atomic E-state index is 0.452. The van der Waals surface area contributed by atoms with E-state index in [0.717, 1.165) is 28.2 Å². The molecule has 4 heteroatoms. The van der Waals surface area contributed by atoms with Crippen LogP contribution >= 0.6 is 12.2 Å². The molecule has 2 saturated carbocycles. The SMILES string of the molecule is N#CCc1ccc(NC(=S)N[C@@H]2C[C@H]3CC[C@@H]2C3)cc1. The molecule has 3 atom stereocenters. The lowest BCUT2D eigenvalue weighted by atomic mass is 9.96. The fourth-order valence-electron chi connectivity index (χ4n) is 3.55. The predicted molar refractivity (Wildman–Crippen MR) is 84.4 cm³/mol. The molecule has 2 N–H and O–H groups in total. The second-order valence-corrected chi connectivity index (χ2v) is 6.32. The summed E-state index contributed by atoms with van der Waals surface area (Å²) < 4.78 is 0. The molecule has 104 valence electrons. The third-order valence-electron chi connectivity index (χ3n) is 4.55. The van der Waals surface area contributed by atoms with E-state index in [1.807, 2.05) is 24.3 Å². The zero-order valence-electron chi connectivity index (χ0n) is 11.4. The number of hydrogen-bond acceptors (Lipinski definition) is 2. The second-order valence-electron chi connectivity index (χ2n) is 5.91. The van der Waals surface area contributed by atoms with Gasteiger partial charge in [0.05, 0.1) is 12.5 Å². The molecule has 0 saturated heterocycles. The van der Waals surface area contributed by atoms with Crippen LogP contribution in [0.1, 0.15) is 31.2 Å². The van der Waals surface area contributed by atoms with Gasteiger partial charge in [-0.15, -0.1) is 0 Å². The lowest BCUT2D eigenvalue weighted by Gasteiger charge is -2.24. The fourth-order valence-corrected chi connectivity index (χ4v) is 3.82. The molecule has 3 nitrogen and oxygen atoms in total. The van der Waals surface area contributed by atoms with Gasteiger partial charge in [-0.05, 0) is 61.0 Å². The molecule has 1 aromatic rings. The summed E-state index contributed by atoms with van der Waals surface area (Å²) in [5.74, 6) is 1.74. The summed E-state index contributed by atoms with van der Waals surface area (Å²) in [4.78, 5) is 0. The van der Waals surface area contributed by atoms with Gasteiger partial charge < -0.3 is 10.6 Å². The molecule has 2 bridgehead atoms. The van der Waals surface area contributed by atoms with Gasteiger partial charge in [0.1, 0.15) is 0 Å². The number of benzene rings is 1. The van der Waals surface area contributed by atoms with Crippen LogP contribution < -0.4 is 10.6 Å². The van der Waals surface area contributed by atoms with E-state index in [4.69, 9.17) is 17.5 Å². The highest BCUT2D eigenvalue weighted by Crippen LogP contribution is 2.44. The Bertz CT molecular complexity index is 532. The number of rotatable bonds is 3. The van der Waals surface area contributed by atoms with Crippen molar-refractivity contribution in [1.29, 1.82) is 5.26 Å². The normalized spacial score (nSPS) is 27.1. The van der Waals surface area contributed by atoms with Crippen LogP contribution in [0.4, 0.5) is 5.69 Å². The van der Waals surface area contributed by atoms with E-state index in [9.17, 15) is 0 Å². The standard InChI is InChI=1S/C16H19N3S/c17-8-7-11-2-5-14(6-3-11)18-16(20)19-15-10-12-1-4-13(15)9-12/h2-3,5-6,12-13,15H,1,4,7,9-10H2,(H2,18,19,20)/t12-,13+,15+/m0/s1. The average molecular weight is 285 g/mol. The van der Waals surface area contributed by atoms with E-state index in [1.54, 1.807) is 0 Å². The summed E-state index contributed by atoms with van der Waals surface area (Å²) >= 11 is 5.40. The maximum absolute atomic E-state index is 8.65.